The number of ether oxygens (including phenoxy) is 1. The quantitative estimate of drug-likeness (QED) is 0.336. The normalized spacial score (nSPS) is 12.6. The average Bonchev–Trinajstić information content (AvgIpc) is 3.39. The lowest BCUT2D eigenvalue weighted by Gasteiger charge is -2.19. The van der Waals surface area contributed by atoms with E-state index in [9.17, 15) is 0 Å². The van der Waals surface area contributed by atoms with Gasteiger partial charge in [0.2, 0.25) is 6.33 Å². The summed E-state index contributed by atoms with van der Waals surface area (Å²) < 4.78 is 12.5. The molecule has 0 amide bonds. The highest BCUT2D eigenvalue weighted by molar-refractivity contribution is 5.74. The van der Waals surface area contributed by atoms with E-state index >= 15 is 0 Å². The fraction of sp³-hybridized carbons (Fsp3) is 0.120. The average molecular weight is 392 g/mol. The van der Waals surface area contributed by atoms with Crippen molar-refractivity contribution in [3.8, 4) is 28.6 Å². The standard InChI is InChI=1S/C25H20N4O/c1-27-17-29(24-8-3-2-7-23(24)27)19-5-4-6-20(15-19)30-21-10-9-18-11-13-28-14-12-26-25(28)22(18)16-21/h2-10,12,14-16H,11,13H2,1H3. The summed E-state index contributed by atoms with van der Waals surface area (Å²) in [5.74, 6) is 2.62. The molecule has 1 aliphatic heterocycles. The van der Waals surface area contributed by atoms with Crippen LogP contribution in [0.3, 0.4) is 0 Å². The number of para-hydroxylation sites is 2. The van der Waals surface area contributed by atoms with Gasteiger partial charge in [0.05, 0.1) is 23.8 Å². The van der Waals surface area contributed by atoms with Crippen LogP contribution in [0.2, 0.25) is 0 Å². The summed E-state index contributed by atoms with van der Waals surface area (Å²) in [7, 11) is 2.01. The number of aryl methyl sites for hydroxylation is 3. The Morgan fingerprint density at radius 1 is 1.00 bits per heavy atom. The molecule has 0 unspecified atom stereocenters. The zero-order valence-electron chi connectivity index (χ0n) is 16.6. The van der Waals surface area contributed by atoms with E-state index in [2.05, 4.69) is 50.8 Å². The molecule has 146 valence electrons. The van der Waals surface area contributed by atoms with Gasteiger partial charge in [-0.05, 0) is 36.2 Å². The van der Waals surface area contributed by atoms with E-state index in [4.69, 9.17) is 4.74 Å². The van der Waals surface area contributed by atoms with Gasteiger partial charge in [-0.2, -0.15) is 0 Å². The lowest BCUT2D eigenvalue weighted by atomic mass is 10.0. The van der Waals surface area contributed by atoms with E-state index in [1.165, 1.54) is 5.56 Å². The van der Waals surface area contributed by atoms with E-state index in [0.29, 0.717) is 0 Å². The van der Waals surface area contributed by atoms with Crippen LogP contribution in [0.4, 0.5) is 0 Å². The molecule has 0 spiro atoms. The molecule has 5 nitrogen and oxygen atoms in total. The van der Waals surface area contributed by atoms with Crippen molar-refractivity contribution in [3.05, 3.63) is 91.0 Å². The Bertz CT molecular complexity index is 1400. The van der Waals surface area contributed by atoms with Crippen molar-refractivity contribution in [2.45, 2.75) is 13.0 Å². The number of hydrogen-bond donors (Lipinski definition) is 0. The maximum Gasteiger partial charge on any atom is 0.244 e. The Kier molecular flexibility index (Phi) is 3.74. The van der Waals surface area contributed by atoms with Crippen molar-refractivity contribution in [2.75, 3.05) is 0 Å². The summed E-state index contributed by atoms with van der Waals surface area (Å²) >= 11 is 0. The molecule has 5 heteroatoms. The molecule has 0 fully saturated rings. The van der Waals surface area contributed by atoms with Gasteiger partial charge in [-0.15, -0.1) is 0 Å². The fourth-order valence-corrected chi connectivity index (χ4v) is 4.23. The van der Waals surface area contributed by atoms with Gasteiger partial charge in [0, 0.05) is 24.5 Å². The molecule has 6 rings (SSSR count). The summed E-state index contributed by atoms with van der Waals surface area (Å²) in [6.07, 6.45) is 8.29. The largest absolute Gasteiger partial charge is 0.458 e. The first-order chi connectivity index (χ1) is 14.8. The van der Waals surface area contributed by atoms with E-state index in [1.54, 1.807) is 0 Å². The SMILES string of the molecule is C[n+]1[c-]n(-c2cccc(Oc3ccc4c(c3)-c3nccn3CC4)c2)c2ccccc21. The predicted molar refractivity (Wildman–Crippen MR) is 115 cm³/mol. The third-order valence-corrected chi connectivity index (χ3v) is 5.71. The monoisotopic (exact) mass is 392 g/mol. The van der Waals surface area contributed by atoms with Gasteiger partial charge in [-0.25, -0.2) is 4.98 Å². The molecule has 2 aromatic heterocycles. The lowest BCUT2D eigenvalue weighted by molar-refractivity contribution is -0.649. The van der Waals surface area contributed by atoms with Crippen molar-refractivity contribution in [3.63, 3.8) is 0 Å². The van der Waals surface area contributed by atoms with Crippen LogP contribution in [-0.4, -0.2) is 14.1 Å². The van der Waals surface area contributed by atoms with Gasteiger partial charge in [-0.1, -0.05) is 42.5 Å². The molecule has 0 saturated heterocycles. The topological polar surface area (TPSA) is 35.9 Å². The molecule has 0 bridgehead atoms. The summed E-state index contributed by atoms with van der Waals surface area (Å²) in [5, 5.41) is 0. The zero-order chi connectivity index (χ0) is 20.1. The van der Waals surface area contributed by atoms with Crippen LogP contribution in [-0.2, 0) is 20.0 Å². The van der Waals surface area contributed by atoms with Crippen molar-refractivity contribution in [2.24, 2.45) is 7.05 Å². The second-order valence-electron chi connectivity index (χ2n) is 7.60. The molecule has 1 aliphatic rings. The van der Waals surface area contributed by atoms with Gasteiger partial charge in [0.25, 0.3) is 0 Å². The minimum absolute atomic E-state index is 0.792. The molecule has 0 aliphatic carbocycles. The third-order valence-electron chi connectivity index (χ3n) is 5.71. The van der Waals surface area contributed by atoms with Crippen LogP contribution in [0.15, 0.2) is 79.1 Å². The van der Waals surface area contributed by atoms with E-state index in [0.717, 1.165) is 52.6 Å². The summed E-state index contributed by atoms with van der Waals surface area (Å²) in [4.78, 5) is 4.53. The first-order valence-corrected chi connectivity index (χ1v) is 10.1. The highest BCUT2D eigenvalue weighted by Gasteiger charge is 2.17. The van der Waals surface area contributed by atoms with Gasteiger partial charge in [0.1, 0.15) is 17.3 Å². The molecule has 3 heterocycles. The molecular formula is C25H20N4O. The minimum Gasteiger partial charge on any atom is -0.458 e. The minimum atomic E-state index is 0.792. The number of benzene rings is 3. The van der Waals surface area contributed by atoms with Crippen molar-refractivity contribution in [1.82, 2.24) is 14.1 Å². The van der Waals surface area contributed by atoms with Gasteiger partial charge in [-0.3, -0.25) is 0 Å². The maximum absolute atomic E-state index is 6.25. The maximum atomic E-state index is 6.25. The number of imidazole rings is 2. The van der Waals surface area contributed by atoms with Gasteiger partial charge in [0.15, 0.2) is 0 Å². The second-order valence-corrected chi connectivity index (χ2v) is 7.60. The number of hydrogen-bond acceptors (Lipinski definition) is 2. The highest BCUT2D eigenvalue weighted by atomic mass is 16.5. The van der Waals surface area contributed by atoms with Crippen molar-refractivity contribution < 1.29 is 9.30 Å². The van der Waals surface area contributed by atoms with E-state index in [-0.39, 0.29) is 0 Å². The molecule has 3 aromatic carbocycles. The Morgan fingerprint density at radius 2 is 1.90 bits per heavy atom. The van der Waals surface area contributed by atoms with Crippen LogP contribution in [0.5, 0.6) is 11.5 Å². The van der Waals surface area contributed by atoms with Crippen LogP contribution >= 0.6 is 0 Å². The smallest absolute Gasteiger partial charge is 0.244 e. The Labute approximate surface area is 174 Å². The highest BCUT2D eigenvalue weighted by Crippen LogP contribution is 2.33. The molecule has 0 saturated carbocycles. The summed E-state index contributed by atoms with van der Waals surface area (Å²) in [5.41, 5.74) is 5.72. The Balaban J connectivity index is 1.36. The second kappa shape index (κ2) is 6.59. The number of nitrogens with zero attached hydrogens (tertiary/aromatic N) is 4. The van der Waals surface area contributed by atoms with Gasteiger partial charge >= 0.3 is 0 Å². The van der Waals surface area contributed by atoms with Crippen molar-refractivity contribution in [1.29, 1.82) is 0 Å². The predicted octanol–water partition coefficient (Wildman–Crippen LogP) is 4.47. The fourth-order valence-electron chi connectivity index (χ4n) is 4.23. The molecule has 0 radical (unpaired) electrons. The van der Waals surface area contributed by atoms with Crippen LogP contribution in [0, 0.1) is 6.33 Å². The summed E-state index contributed by atoms with van der Waals surface area (Å²) in [6, 6.07) is 22.7. The van der Waals surface area contributed by atoms with E-state index in [1.807, 2.05) is 60.4 Å². The van der Waals surface area contributed by atoms with Gasteiger partial charge < -0.3 is 18.4 Å². The van der Waals surface area contributed by atoms with Crippen molar-refractivity contribution >= 4 is 11.0 Å². The zero-order valence-corrected chi connectivity index (χ0v) is 16.6. The molecular weight excluding hydrogens is 372 g/mol. The third kappa shape index (κ3) is 2.70. The Morgan fingerprint density at radius 3 is 2.87 bits per heavy atom. The van der Waals surface area contributed by atoms with E-state index < -0.39 is 0 Å². The molecule has 0 atom stereocenters. The first kappa shape index (κ1) is 17.0. The number of rotatable bonds is 3. The van der Waals surface area contributed by atoms with Crippen LogP contribution in [0.25, 0.3) is 28.1 Å². The summed E-state index contributed by atoms with van der Waals surface area (Å²) in [6.45, 7) is 0.976. The molecule has 30 heavy (non-hydrogen) atoms. The first-order valence-electron chi connectivity index (χ1n) is 10.1. The number of aromatic nitrogens is 4. The molecule has 5 aromatic rings. The molecule has 0 N–H and O–H groups in total. The van der Waals surface area contributed by atoms with Crippen LogP contribution < -0.4 is 9.30 Å². The Hall–Kier alpha value is -3.86. The number of fused-ring (bicyclic) bond motifs is 4. The lowest BCUT2D eigenvalue weighted by Crippen LogP contribution is -2.26. The van der Waals surface area contributed by atoms with Crippen LogP contribution in [0.1, 0.15) is 5.56 Å².